The maximum absolute atomic E-state index is 12.6. The second-order valence-electron chi connectivity index (χ2n) is 10.1. The zero-order valence-electron chi connectivity index (χ0n) is 19.9. The molecule has 2 N–H and O–H groups in total. The number of rotatable bonds is 8. The molecule has 1 unspecified atom stereocenters. The zero-order chi connectivity index (χ0) is 23.3. The van der Waals surface area contributed by atoms with Crippen molar-refractivity contribution in [1.82, 2.24) is 25.7 Å². The van der Waals surface area contributed by atoms with Crippen molar-refractivity contribution in [2.45, 2.75) is 83.9 Å². The summed E-state index contributed by atoms with van der Waals surface area (Å²) in [7, 11) is 0. The Morgan fingerprint density at radius 2 is 1.81 bits per heavy atom. The maximum Gasteiger partial charge on any atom is 0.410 e. The Kier molecular flexibility index (Phi) is 8.35. The van der Waals surface area contributed by atoms with Gasteiger partial charge in [-0.1, -0.05) is 13.3 Å². The summed E-state index contributed by atoms with van der Waals surface area (Å²) in [6, 6.07) is 0.0913. The number of fused-ring (bicyclic) bond motifs is 2. The molecule has 182 valence electrons. The van der Waals surface area contributed by atoms with Gasteiger partial charge in [-0.15, -0.1) is 0 Å². The predicted octanol–water partition coefficient (Wildman–Crippen LogP) is 1.62. The van der Waals surface area contributed by atoms with Crippen LogP contribution in [0.4, 0.5) is 4.79 Å². The lowest BCUT2D eigenvalue weighted by Crippen LogP contribution is -2.54. The Bertz CT molecular complexity index is 676. The van der Waals surface area contributed by atoms with Crippen molar-refractivity contribution < 1.29 is 24.0 Å². The van der Waals surface area contributed by atoms with Gasteiger partial charge in [-0.05, 0) is 52.4 Å². The summed E-state index contributed by atoms with van der Waals surface area (Å²) in [5, 5.41) is 2.00. The van der Waals surface area contributed by atoms with Crippen molar-refractivity contribution in [3.8, 4) is 0 Å². The van der Waals surface area contributed by atoms with Gasteiger partial charge in [-0.2, -0.15) is 5.06 Å². The van der Waals surface area contributed by atoms with E-state index in [1.807, 2.05) is 25.8 Å². The molecule has 3 amide bonds. The van der Waals surface area contributed by atoms with E-state index in [-0.39, 0.29) is 29.9 Å². The number of hydrazine groups is 1. The van der Waals surface area contributed by atoms with Crippen LogP contribution in [-0.2, 0) is 19.2 Å². The second kappa shape index (κ2) is 10.8. The molecular weight excluding hydrogens is 414 g/mol. The number of likely N-dealkylation sites (tertiary alicyclic amines) is 1. The molecule has 0 aromatic carbocycles. The van der Waals surface area contributed by atoms with E-state index in [1.54, 1.807) is 4.90 Å². The highest BCUT2D eigenvalue weighted by Gasteiger charge is 2.42. The monoisotopic (exact) mass is 453 g/mol. The van der Waals surface area contributed by atoms with Crippen molar-refractivity contribution >= 4 is 17.9 Å². The number of piperidine rings is 1. The first kappa shape index (κ1) is 24.7. The standard InChI is InChI=1S/C22H39N5O5/c1-5-6-11-31-27-15-26-14-17(27)8-9-18(26)20(29)24-23-19(28)10-7-16-12-25(13-16)21(30)32-22(2,3)4/h16-18H,5-15H2,1-4H3,(H,23,28)(H,24,29)/t17-,18-/m0/s1. The van der Waals surface area contributed by atoms with E-state index in [0.29, 0.717) is 45.2 Å². The molecule has 3 fully saturated rings. The number of ether oxygens (including phenoxy) is 1. The number of amides is 3. The first-order valence-electron chi connectivity index (χ1n) is 11.9. The van der Waals surface area contributed by atoms with Crippen LogP contribution in [0, 0.1) is 5.92 Å². The summed E-state index contributed by atoms with van der Waals surface area (Å²) in [5.74, 6) is -0.108. The number of hydroxylamine groups is 2. The lowest BCUT2D eigenvalue weighted by Gasteiger charge is -2.39. The fraction of sp³-hybridized carbons (Fsp3) is 0.864. The first-order valence-corrected chi connectivity index (χ1v) is 11.9. The molecule has 0 aromatic heterocycles. The largest absolute Gasteiger partial charge is 0.444 e. The minimum atomic E-state index is -0.505. The fourth-order valence-electron chi connectivity index (χ4n) is 4.32. The van der Waals surface area contributed by atoms with Crippen LogP contribution >= 0.6 is 0 Å². The zero-order valence-corrected chi connectivity index (χ0v) is 19.9. The Labute approximate surface area is 190 Å². The SMILES string of the molecule is CCCCON1CN2C[C@@H]1CC[C@H]2C(=O)NNC(=O)CCC1CN(C(=O)OC(C)(C)C)C1. The number of nitrogens with zero attached hydrogens (tertiary/aromatic N) is 3. The first-order chi connectivity index (χ1) is 15.2. The van der Waals surface area contributed by atoms with Crippen LogP contribution < -0.4 is 10.9 Å². The molecule has 3 atom stereocenters. The normalized spacial score (nSPS) is 25.9. The van der Waals surface area contributed by atoms with Crippen molar-refractivity contribution in [2.24, 2.45) is 5.92 Å². The molecule has 3 rings (SSSR count). The van der Waals surface area contributed by atoms with Crippen LogP contribution in [0.1, 0.15) is 66.2 Å². The minimum Gasteiger partial charge on any atom is -0.444 e. The molecule has 0 aliphatic carbocycles. The Hall–Kier alpha value is -1.91. The van der Waals surface area contributed by atoms with E-state index in [1.165, 1.54) is 0 Å². The van der Waals surface area contributed by atoms with E-state index in [2.05, 4.69) is 22.7 Å². The summed E-state index contributed by atoms with van der Waals surface area (Å²) in [5.41, 5.74) is 4.63. The highest BCUT2D eigenvalue weighted by molar-refractivity contribution is 5.85. The molecule has 10 nitrogen and oxygen atoms in total. The predicted molar refractivity (Wildman–Crippen MR) is 118 cm³/mol. The number of carbonyl (C=O) groups excluding carboxylic acids is 3. The van der Waals surface area contributed by atoms with E-state index < -0.39 is 5.60 Å². The summed E-state index contributed by atoms with van der Waals surface area (Å²) in [6.45, 7) is 11.0. The van der Waals surface area contributed by atoms with Gasteiger partial charge >= 0.3 is 6.09 Å². The lowest BCUT2D eigenvalue weighted by molar-refractivity contribution is -0.172. The summed E-state index contributed by atoms with van der Waals surface area (Å²) in [6.07, 6.45) is 4.45. The Morgan fingerprint density at radius 1 is 1.06 bits per heavy atom. The van der Waals surface area contributed by atoms with Crippen molar-refractivity contribution in [3.63, 3.8) is 0 Å². The van der Waals surface area contributed by atoms with Gasteiger partial charge in [-0.3, -0.25) is 30.2 Å². The maximum atomic E-state index is 12.6. The van der Waals surface area contributed by atoms with Crippen molar-refractivity contribution in [1.29, 1.82) is 0 Å². The van der Waals surface area contributed by atoms with Crippen LogP contribution in [-0.4, -0.2) is 83.4 Å². The van der Waals surface area contributed by atoms with Gasteiger partial charge in [-0.25, -0.2) is 4.79 Å². The minimum absolute atomic E-state index is 0.174. The van der Waals surface area contributed by atoms with Crippen LogP contribution in [0.15, 0.2) is 0 Å². The number of unbranched alkanes of at least 4 members (excludes halogenated alkanes) is 1. The fourth-order valence-corrected chi connectivity index (χ4v) is 4.32. The Balaban J connectivity index is 1.30. The van der Waals surface area contributed by atoms with Crippen molar-refractivity contribution in [2.75, 3.05) is 32.9 Å². The molecule has 0 radical (unpaired) electrons. The Morgan fingerprint density at radius 3 is 2.50 bits per heavy atom. The van der Waals surface area contributed by atoms with Gasteiger partial charge in [0.2, 0.25) is 5.91 Å². The third-order valence-electron chi connectivity index (χ3n) is 6.16. The van der Waals surface area contributed by atoms with E-state index in [0.717, 1.165) is 32.2 Å². The van der Waals surface area contributed by atoms with Crippen LogP contribution in [0.5, 0.6) is 0 Å². The van der Waals surface area contributed by atoms with Gasteiger partial charge in [0.15, 0.2) is 0 Å². The molecular formula is C22H39N5O5. The molecule has 2 bridgehead atoms. The molecule has 3 aliphatic rings. The molecule has 0 saturated carbocycles. The third-order valence-corrected chi connectivity index (χ3v) is 6.16. The smallest absolute Gasteiger partial charge is 0.410 e. The quantitative estimate of drug-likeness (QED) is 0.425. The van der Waals surface area contributed by atoms with E-state index in [4.69, 9.17) is 9.57 Å². The summed E-state index contributed by atoms with van der Waals surface area (Å²) >= 11 is 0. The van der Waals surface area contributed by atoms with Gasteiger partial charge in [0, 0.05) is 32.1 Å². The summed E-state index contributed by atoms with van der Waals surface area (Å²) < 4.78 is 5.34. The molecule has 0 spiro atoms. The number of carbonyl (C=O) groups is 3. The summed E-state index contributed by atoms with van der Waals surface area (Å²) in [4.78, 5) is 46.3. The van der Waals surface area contributed by atoms with Gasteiger partial charge in [0.1, 0.15) is 5.60 Å². The average Bonchev–Trinajstić information content (AvgIpc) is 2.99. The molecule has 3 saturated heterocycles. The second-order valence-corrected chi connectivity index (χ2v) is 10.1. The van der Waals surface area contributed by atoms with Crippen molar-refractivity contribution in [3.05, 3.63) is 0 Å². The number of hydrogen-bond donors (Lipinski definition) is 2. The van der Waals surface area contributed by atoms with Crippen LogP contribution in [0.3, 0.4) is 0 Å². The number of hydrogen-bond acceptors (Lipinski definition) is 7. The highest BCUT2D eigenvalue weighted by Crippen LogP contribution is 2.28. The van der Waals surface area contributed by atoms with Gasteiger partial charge < -0.3 is 9.64 Å². The van der Waals surface area contributed by atoms with Crippen LogP contribution in [0.25, 0.3) is 0 Å². The van der Waals surface area contributed by atoms with E-state index >= 15 is 0 Å². The lowest BCUT2D eigenvalue weighted by atomic mass is 9.95. The highest BCUT2D eigenvalue weighted by atomic mass is 16.7. The van der Waals surface area contributed by atoms with Crippen LogP contribution in [0.2, 0.25) is 0 Å². The van der Waals surface area contributed by atoms with Gasteiger partial charge in [0.25, 0.3) is 5.91 Å². The average molecular weight is 454 g/mol. The molecule has 3 heterocycles. The third kappa shape index (κ3) is 6.79. The molecule has 10 heteroatoms. The molecule has 0 aromatic rings. The van der Waals surface area contributed by atoms with Gasteiger partial charge in [0.05, 0.1) is 19.3 Å². The number of nitrogens with one attached hydrogen (secondary N) is 2. The topological polar surface area (TPSA) is 103 Å². The molecule has 32 heavy (non-hydrogen) atoms. The van der Waals surface area contributed by atoms with E-state index in [9.17, 15) is 14.4 Å². The molecule has 3 aliphatic heterocycles.